The van der Waals surface area contributed by atoms with Crippen molar-refractivity contribution in [3.05, 3.63) is 49.4 Å². The first kappa shape index (κ1) is 24.8. The van der Waals surface area contributed by atoms with Crippen molar-refractivity contribution in [1.82, 2.24) is 9.47 Å². The van der Waals surface area contributed by atoms with Crippen molar-refractivity contribution in [2.45, 2.75) is 46.6 Å². The highest BCUT2D eigenvalue weighted by atomic mass is 32.1. The molecular formula is C25H32N2O5S. The number of hydrogen-bond acceptors (Lipinski definition) is 6. The third kappa shape index (κ3) is 6.81. The number of aromatic nitrogens is 1. The molecule has 1 aromatic heterocycles. The largest absolute Gasteiger partial charge is 0.494 e. The van der Waals surface area contributed by atoms with Gasteiger partial charge in [-0.3, -0.25) is 14.2 Å². The van der Waals surface area contributed by atoms with Gasteiger partial charge in [0.25, 0.3) is 5.56 Å². The quantitative estimate of drug-likeness (QED) is 0.550. The van der Waals surface area contributed by atoms with Gasteiger partial charge in [0.15, 0.2) is 0 Å². The van der Waals surface area contributed by atoms with Crippen LogP contribution in [-0.4, -0.2) is 47.6 Å². The van der Waals surface area contributed by atoms with Crippen molar-refractivity contribution in [2.24, 2.45) is 5.92 Å². The zero-order valence-corrected chi connectivity index (χ0v) is 20.4. The number of nitrogens with zero attached hydrogens (tertiary/aromatic N) is 2. The Morgan fingerprint density at radius 1 is 1.15 bits per heavy atom. The predicted molar refractivity (Wildman–Crippen MR) is 130 cm³/mol. The number of likely N-dealkylation sites (tertiary alicyclic amines) is 1. The molecule has 1 aliphatic heterocycles. The van der Waals surface area contributed by atoms with Crippen molar-refractivity contribution >= 4 is 35.4 Å². The molecule has 1 fully saturated rings. The van der Waals surface area contributed by atoms with E-state index in [1.165, 1.54) is 22.0 Å². The molecule has 0 aliphatic carbocycles. The summed E-state index contributed by atoms with van der Waals surface area (Å²) in [5.74, 6) is 0.737. The van der Waals surface area contributed by atoms with Gasteiger partial charge in [-0.2, -0.15) is 0 Å². The Labute approximate surface area is 197 Å². The highest BCUT2D eigenvalue weighted by molar-refractivity contribution is 7.07. The first-order valence-corrected chi connectivity index (χ1v) is 12.3. The Morgan fingerprint density at radius 3 is 2.48 bits per heavy atom. The molecule has 33 heavy (non-hydrogen) atoms. The third-order valence-corrected chi connectivity index (χ3v) is 6.60. The summed E-state index contributed by atoms with van der Waals surface area (Å²) in [5.41, 5.74) is 0.545. The van der Waals surface area contributed by atoms with Crippen LogP contribution in [0.15, 0.2) is 29.1 Å². The monoisotopic (exact) mass is 472 g/mol. The summed E-state index contributed by atoms with van der Waals surface area (Å²) in [6.45, 7) is 8.14. The number of esters is 1. The van der Waals surface area contributed by atoms with Gasteiger partial charge >= 0.3 is 5.97 Å². The van der Waals surface area contributed by atoms with Crippen LogP contribution >= 0.6 is 11.3 Å². The van der Waals surface area contributed by atoms with Crippen LogP contribution < -0.4 is 19.5 Å². The van der Waals surface area contributed by atoms with E-state index in [1.807, 2.05) is 31.2 Å². The minimum Gasteiger partial charge on any atom is -0.494 e. The Kier molecular flexibility index (Phi) is 8.88. The number of carbonyl (C=O) groups excluding carboxylic acids is 2. The molecule has 0 radical (unpaired) electrons. The molecule has 0 spiro atoms. The van der Waals surface area contributed by atoms with Crippen LogP contribution in [0.25, 0.3) is 12.2 Å². The van der Waals surface area contributed by atoms with Crippen molar-refractivity contribution in [3.63, 3.8) is 0 Å². The van der Waals surface area contributed by atoms with Gasteiger partial charge in [0, 0.05) is 13.1 Å². The molecule has 178 valence electrons. The van der Waals surface area contributed by atoms with Crippen LogP contribution in [0, 0.1) is 5.92 Å². The van der Waals surface area contributed by atoms with E-state index in [2.05, 4.69) is 6.92 Å². The Morgan fingerprint density at radius 2 is 1.85 bits per heavy atom. The van der Waals surface area contributed by atoms with Crippen LogP contribution in [-0.2, 0) is 20.9 Å². The molecule has 1 aliphatic rings. The zero-order chi connectivity index (χ0) is 23.8. The molecule has 0 bridgehead atoms. The molecule has 2 aromatic rings. The van der Waals surface area contributed by atoms with Gasteiger partial charge in [0.1, 0.15) is 17.0 Å². The second-order valence-electron chi connectivity index (χ2n) is 8.22. The van der Waals surface area contributed by atoms with E-state index in [1.54, 1.807) is 17.9 Å². The summed E-state index contributed by atoms with van der Waals surface area (Å²) in [6, 6.07) is 7.48. The van der Waals surface area contributed by atoms with Gasteiger partial charge in [-0.15, -0.1) is 11.3 Å². The molecule has 0 atom stereocenters. The fourth-order valence-corrected chi connectivity index (χ4v) is 4.63. The van der Waals surface area contributed by atoms with Crippen molar-refractivity contribution in [3.8, 4) is 5.75 Å². The van der Waals surface area contributed by atoms with Crippen LogP contribution in [0.4, 0.5) is 0 Å². The average Bonchev–Trinajstić information content (AvgIpc) is 3.07. The molecule has 1 aromatic carbocycles. The minimum absolute atomic E-state index is 0.0907. The SMILES string of the molecule is CCCOc1ccc(/C=c2\s/c(=C\C(=O)OCC)n(CC(=O)N3CCC(C)CC3)c2=O)cc1. The first-order chi connectivity index (χ1) is 15.9. The summed E-state index contributed by atoms with van der Waals surface area (Å²) in [6.07, 6.45) is 5.91. The standard InChI is InChI=1S/C25H32N2O5S/c1-4-14-32-20-8-6-19(7-9-20)15-21-25(30)27(23(33-21)16-24(29)31-5-2)17-22(28)26-12-10-18(3)11-13-26/h6-9,15-16,18H,4-5,10-14,17H2,1-3H3/b21-15-,23-16-. The Balaban J connectivity index is 1.93. The first-order valence-electron chi connectivity index (χ1n) is 11.5. The Hall–Kier alpha value is -2.87. The molecule has 2 heterocycles. The number of amides is 1. The molecule has 0 N–H and O–H groups in total. The number of hydrogen-bond donors (Lipinski definition) is 0. The van der Waals surface area contributed by atoms with Gasteiger partial charge in [-0.25, -0.2) is 4.79 Å². The molecule has 0 unspecified atom stereocenters. The van der Waals surface area contributed by atoms with Crippen LogP contribution in [0.5, 0.6) is 5.75 Å². The lowest BCUT2D eigenvalue weighted by Gasteiger charge is -2.30. The normalized spacial score (nSPS) is 15.7. The lowest BCUT2D eigenvalue weighted by molar-refractivity contribution is -0.136. The second kappa shape index (κ2) is 11.8. The maximum absolute atomic E-state index is 13.2. The number of ether oxygens (including phenoxy) is 2. The summed E-state index contributed by atoms with van der Waals surface area (Å²) in [5, 5.41) is 0. The molecule has 0 saturated carbocycles. The molecule has 3 rings (SSSR count). The van der Waals surface area contributed by atoms with Crippen molar-refractivity contribution in [2.75, 3.05) is 26.3 Å². The van der Waals surface area contributed by atoms with E-state index in [0.717, 1.165) is 30.6 Å². The topological polar surface area (TPSA) is 77.8 Å². The zero-order valence-electron chi connectivity index (χ0n) is 19.5. The van der Waals surface area contributed by atoms with Gasteiger partial charge in [0.2, 0.25) is 5.91 Å². The van der Waals surface area contributed by atoms with Crippen LogP contribution in [0.2, 0.25) is 0 Å². The van der Waals surface area contributed by atoms with Gasteiger partial charge in [-0.1, -0.05) is 26.0 Å². The van der Waals surface area contributed by atoms with E-state index in [4.69, 9.17) is 9.47 Å². The van der Waals surface area contributed by atoms with Gasteiger partial charge in [-0.05, 0) is 55.9 Å². The molecule has 8 heteroatoms. The lowest BCUT2D eigenvalue weighted by Crippen LogP contribution is -2.43. The lowest BCUT2D eigenvalue weighted by atomic mass is 9.99. The number of carbonyl (C=O) groups is 2. The predicted octanol–water partition coefficient (Wildman–Crippen LogP) is 2.13. The van der Waals surface area contributed by atoms with E-state index >= 15 is 0 Å². The molecular weight excluding hydrogens is 440 g/mol. The number of rotatable bonds is 8. The molecule has 1 amide bonds. The van der Waals surface area contributed by atoms with E-state index in [9.17, 15) is 14.4 Å². The minimum atomic E-state index is -0.532. The maximum atomic E-state index is 13.2. The van der Waals surface area contributed by atoms with E-state index < -0.39 is 5.97 Å². The number of piperidine rings is 1. The summed E-state index contributed by atoms with van der Waals surface area (Å²) in [4.78, 5) is 40.0. The van der Waals surface area contributed by atoms with Gasteiger partial charge < -0.3 is 14.4 Å². The van der Waals surface area contributed by atoms with Crippen LogP contribution in [0.3, 0.4) is 0 Å². The van der Waals surface area contributed by atoms with Gasteiger partial charge in [0.05, 0.1) is 23.8 Å². The molecule has 1 saturated heterocycles. The fourth-order valence-electron chi connectivity index (χ4n) is 3.60. The number of benzene rings is 1. The fraction of sp³-hybridized carbons (Fsp3) is 0.480. The van der Waals surface area contributed by atoms with Crippen LogP contribution in [0.1, 0.15) is 45.6 Å². The highest BCUT2D eigenvalue weighted by Crippen LogP contribution is 2.16. The number of thiazole rings is 1. The summed E-state index contributed by atoms with van der Waals surface area (Å²) >= 11 is 1.18. The second-order valence-corrected chi connectivity index (χ2v) is 9.28. The molecule has 7 nitrogen and oxygen atoms in total. The van der Waals surface area contributed by atoms with Crippen molar-refractivity contribution < 1.29 is 19.1 Å². The van der Waals surface area contributed by atoms with E-state index in [0.29, 0.717) is 34.8 Å². The van der Waals surface area contributed by atoms with Crippen molar-refractivity contribution in [1.29, 1.82) is 0 Å². The van der Waals surface area contributed by atoms with E-state index in [-0.39, 0.29) is 24.6 Å². The third-order valence-electron chi connectivity index (χ3n) is 5.54. The Bertz CT molecular complexity index is 1130. The summed E-state index contributed by atoms with van der Waals surface area (Å²) < 4.78 is 12.9. The average molecular weight is 473 g/mol. The summed E-state index contributed by atoms with van der Waals surface area (Å²) in [7, 11) is 0. The maximum Gasteiger partial charge on any atom is 0.333 e. The smallest absolute Gasteiger partial charge is 0.333 e. The highest BCUT2D eigenvalue weighted by Gasteiger charge is 2.21.